The van der Waals surface area contributed by atoms with Crippen LogP contribution in [0.1, 0.15) is 16.8 Å². The number of ether oxygens (including phenoxy) is 1. The van der Waals surface area contributed by atoms with Gasteiger partial charge in [0.05, 0.1) is 0 Å². The zero-order valence-electron chi connectivity index (χ0n) is 16.6. The number of pyridine rings is 1. The van der Waals surface area contributed by atoms with Gasteiger partial charge in [-0.05, 0) is 52.6 Å². The summed E-state index contributed by atoms with van der Waals surface area (Å²) in [4.78, 5) is 4.08. The molecule has 0 aliphatic rings. The van der Waals surface area contributed by atoms with Gasteiger partial charge >= 0.3 is 0 Å². The number of nitriles is 1. The molecule has 3 nitrogen and oxygen atoms in total. The number of nitrogens with zero attached hydrogens (tertiary/aromatic N) is 2. The first-order chi connectivity index (χ1) is 15.2. The third-order valence-corrected chi connectivity index (χ3v) is 4.96. The van der Waals surface area contributed by atoms with Gasteiger partial charge in [0.15, 0.2) is 0 Å². The van der Waals surface area contributed by atoms with Crippen molar-refractivity contribution in [2.75, 3.05) is 0 Å². The maximum atomic E-state index is 14.1. The van der Waals surface area contributed by atoms with Crippen molar-refractivity contribution < 1.29 is 13.5 Å². The monoisotopic (exact) mass is 412 g/mol. The van der Waals surface area contributed by atoms with Gasteiger partial charge in [0.2, 0.25) is 0 Å². The molecule has 0 radical (unpaired) electrons. The minimum absolute atomic E-state index is 0.316. The van der Waals surface area contributed by atoms with Crippen molar-refractivity contribution in [3.8, 4) is 34.1 Å². The van der Waals surface area contributed by atoms with E-state index in [1.807, 2.05) is 36.4 Å². The van der Waals surface area contributed by atoms with Crippen molar-refractivity contribution >= 4 is 0 Å². The third kappa shape index (κ3) is 4.59. The van der Waals surface area contributed by atoms with Crippen LogP contribution in [-0.4, -0.2) is 4.98 Å². The second-order valence-electron chi connectivity index (χ2n) is 6.96. The number of hydrogen-bond acceptors (Lipinski definition) is 3. The summed E-state index contributed by atoms with van der Waals surface area (Å²) >= 11 is 0. The first-order valence-corrected chi connectivity index (χ1v) is 9.70. The fourth-order valence-electron chi connectivity index (χ4n) is 3.30. The Labute approximate surface area is 179 Å². The third-order valence-electron chi connectivity index (χ3n) is 4.96. The summed E-state index contributed by atoms with van der Waals surface area (Å²) in [5.41, 5.74) is 4.50. The van der Waals surface area contributed by atoms with Crippen LogP contribution >= 0.6 is 0 Å². The van der Waals surface area contributed by atoms with Crippen molar-refractivity contribution in [1.29, 1.82) is 5.26 Å². The van der Waals surface area contributed by atoms with Crippen LogP contribution in [0.25, 0.3) is 22.3 Å². The fraction of sp³-hybridized carbons (Fsp3) is 0.0769. The Morgan fingerprint density at radius 3 is 2.32 bits per heavy atom. The molecule has 3 aromatic carbocycles. The molecule has 0 aliphatic heterocycles. The maximum Gasteiger partial charge on any atom is 0.140 e. The molecule has 0 amide bonds. The van der Waals surface area contributed by atoms with E-state index in [2.05, 4.69) is 4.98 Å². The summed E-state index contributed by atoms with van der Waals surface area (Å²) in [6.45, 7) is -0.398. The molecule has 0 spiro atoms. The topological polar surface area (TPSA) is 45.9 Å². The van der Waals surface area contributed by atoms with Crippen molar-refractivity contribution in [1.82, 2.24) is 4.98 Å². The smallest absolute Gasteiger partial charge is 0.140 e. The summed E-state index contributed by atoms with van der Waals surface area (Å²) in [5, 5.41) is 8.84. The van der Waals surface area contributed by atoms with Crippen molar-refractivity contribution in [3.63, 3.8) is 0 Å². The predicted octanol–water partition coefficient (Wildman–Crippen LogP) is 6.47. The SMILES string of the molecule is N#Cc1ccc(-c2ccc(COc3ccc(-c4ccccc4F)c(CF)c3)cc2)cn1. The molecule has 1 aromatic heterocycles. The van der Waals surface area contributed by atoms with Gasteiger partial charge in [-0.2, -0.15) is 5.26 Å². The second-order valence-corrected chi connectivity index (χ2v) is 6.96. The van der Waals surface area contributed by atoms with E-state index in [0.29, 0.717) is 34.7 Å². The minimum atomic E-state index is -0.714. The average molecular weight is 412 g/mol. The lowest BCUT2D eigenvalue weighted by Crippen LogP contribution is -1.97. The first kappa shape index (κ1) is 20.2. The zero-order chi connectivity index (χ0) is 21.6. The first-order valence-electron chi connectivity index (χ1n) is 9.70. The van der Waals surface area contributed by atoms with E-state index < -0.39 is 6.67 Å². The highest BCUT2D eigenvalue weighted by Gasteiger charge is 2.11. The Balaban J connectivity index is 1.46. The average Bonchev–Trinajstić information content (AvgIpc) is 2.83. The number of halogens is 2. The van der Waals surface area contributed by atoms with Crippen LogP contribution in [0, 0.1) is 17.1 Å². The van der Waals surface area contributed by atoms with E-state index in [1.165, 1.54) is 6.07 Å². The van der Waals surface area contributed by atoms with Crippen LogP contribution in [0.2, 0.25) is 0 Å². The highest BCUT2D eigenvalue weighted by molar-refractivity contribution is 5.69. The Morgan fingerprint density at radius 1 is 0.871 bits per heavy atom. The Hall–Kier alpha value is -4.04. The summed E-state index contributed by atoms with van der Waals surface area (Å²) < 4.78 is 33.5. The van der Waals surface area contributed by atoms with Gasteiger partial charge < -0.3 is 4.74 Å². The quantitative estimate of drug-likeness (QED) is 0.364. The Kier molecular flexibility index (Phi) is 6.00. The van der Waals surface area contributed by atoms with Crippen LogP contribution in [0.5, 0.6) is 5.75 Å². The Bertz CT molecular complexity index is 1230. The predicted molar refractivity (Wildman–Crippen MR) is 115 cm³/mol. The number of aromatic nitrogens is 1. The molecule has 4 rings (SSSR count). The number of hydrogen-bond donors (Lipinski definition) is 0. The molecule has 1 heterocycles. The lowest BCUT2D eigenvalue weighted by Gasteiger charge is -2.12. The molecule has 0 unspecified atom stereocenters. The van der Waals surface area contributed by atoms with E-state index in [-0.39, 0.29) is 5.82 Å². The molecule has 0 saturated carbocycles. The Morgan fingerprint density at radius 2 is 1.65 bits per heavy atom. The van der Waals surface area contributed by atoms with Crippen LogP contribution < -0.4 is 4.74 Å². The van der Waals surface area contributed by atoms with Crippen molar-refractivity contribution in [2.24, 2.45) is 0 Å². The number of alkyl halides is 1. The van der Waals surface area contributed by atoms with E-state index in [9.17, 15) is 8.78 Å². The van der Waals surface area contributed by atoms with Gasteiger partial charge in [-0.25, -0.2) is 13.8 Å². The van der Waals surface area contributed by atoms with Gasteiger partial charge in [-0.3, -0.25) is 0 Å². The molecule has 0 bridgehead atoms. The molecule has 0 aliphatic carbocycles. The van der Waals surface area contributed by atoms with Crippen LogP contribution in [0.15, 0.2) is 85.1 Å². The van der Waals surface area contributed by atoms with Crippen molar-refractivity contribution in [2.45, 2.75) is 13.3 Å². The van der Waals surface area contributed by atoms with Gasteiger partial charge in [-0.1, -0.05) is 48.5 Å². The molecule has 31 heavy (non-hydrogen) atoms. The van der Waals surface area contributed by atoms with E-state index in [4.69, 9.17) is 10.00 Å². The maximum absolute atomic E-state index is 14.1. The molecule has 4 aromatic rings. The molecular weight excluding hydrogens is 394 g/mol. The largest absolute Gasteiger partial charge is 0.489 e. The molecular formula is C26H18F2N2O. The minimum Gasteiger partial charge on any atom is -0.489 e. The molecule has 152 valence electrons. The van der Waals surface area contributed by atoms with Crippen LogP contribution in [-0.2, 0) is 13.3 Å². The lowest BCUT2D eigenvalue weighted by atomic mass is 9.99. The molecule has 0 N–H and O–H groups in total. The van der Waals surface area contributed by atoms with Gasteiger partial charge in [-0.15, -0.1) is 0 Å². The highest BCUT2D eigenvalue weighted by Crippen LogP contribution is 2.30. The molecule has 0 fully saturated rings. The van der Waals surface area contributed by atoms with Gasteiger partial charge in [0.25, 0.3) is 0 Å². The normalized spacial score (nSPS) is 10.5. The number of benzene rings is 3. The van der Waals surface area contributed by atoms with Crippen LogP contribution in [0.4, 0.5) is 8.78 Å². The molecule has 5 heteroatoms. The van der Waals surface area contributed by atoms with Crippen LogP contribution in [0.3, 0.4) is 0 Å². The van der Waals surface area contributed by atoms with Gasteiger partial charge in [0, 0.05) is 17.3 Å². The highest BCUT2D eigenvalue weighted by atomic mass is 19.1. The van der Waals surface area contributed by atoms with E-state index in [0.717, 1.165) is 16.7 Å². The molecule has 0 saturated heterocycles. The summed E-state index contributed by atoms with van der Waals surface area (Å²) in [6.07, 6.45) is 1.67. The second kappa shape index (κ2) is 9.19. The molecule has 0 atom stereocenters. The number of rotatable bonds is 6. The summed E-state index contributed by atoms with van der Waals surface area (Å²) in [7, 11) is 0. The van der Waals surface area contributed by atoms with Crippen molar-refractivity contribution in [3.05, 3.63) is 108 Å². The summed E-state index contributed by atoms with van der Waals surface area (Å²) in [5.74, 6) is 0.136. The van der Waals surface area contributed by atoms with Gasteiger partial charge in [0.1, 0.15) is 36.6 Å². The fourth-order valence-corrected chi connectivity index (χ4v) is 3.30. The summed E-state index contributed by atoms with van der Waals surface area (Å²) in [6, 6.07) is 24.7. The standard InChI is InChI=1S/C26H18F2N2O/c27-14-21-13-23(11-12-24(21)25-3-1-2-4-26(25)28)31-17-18-5-7-19(8-6-18)20-9-10-22(15-29)30-16-20/h1-13,16H,14,17H2. The zero-order valence-corrected chi connectivity index (χ0v) is 16.6. The van der Waals surface area contributed by atoms with E-state index in [1.54, 1.807) is 48.7 Å². The lowest BCUT2D eigenvalue weighted by molar-refractivity contribution is 0.305. The van der Waals surface area contributed by atoms with E-state index >= 15 is 0 Å².